The van der Waals surface area contributed by atoms with Crippen LogP contribution in [0.1, 0.15) is 0 Å². The predicted octanol–water partition coefficient (Wildman–Crippen LogP) is 1.46. The van der Waals surface area contributed by atoms with E-state index in [1.165, 1.54) is 12.1 Å². The monoisotopic (exact) mass is 276 g/mol. The van der Waals surface area contributed by atoms with E-state index in [1.807, 2.05) is 10.8 Å². The van der Waals surface area contributed by atoms with Gasteiger partial charge in [-0.3, -0.25) is 10.1 Å². The van der Waals surface area contributed by atoms with Crippen molar-refractivity contribution in [2.24, 2.45) is 0 Å². The third-order valence-electron chi connectivity index (χ3n) is 2.70. The zero-order valence-corrected chi connectivity index (χ0v) is 10.9. The van der Waals surface area contributed by atoms with E-state index in [0.29, 0.717) is 18.9 Å². The first kappa shape index (κ1) is 14.0. The molecule has 1 aromatic heterocycles. The van der Waals surface area contributed by atoms with E-state index in [0.717, 1.165) is 13.1 Å². The van der Waals surface area contributed by atoms with Gasteiger partial charge in [0.1, 0.15) is 12.4 Å². The Bertz CT molecular complexity index is 525. The number of ether oxygens (including phenoxy) is 1. The van der Waals surface area contributed by atoms with Crippen LogP contribution in [0, 0.1) is 10.1 Å². The van der Waals surface area contributed by atoms with Crippen LogP contribution in [0.3, 0.4) is 0 Å². The Balaban J connectivity index is 1.59. The topological polar surface area (TPSA) is 82.2 Å². The first-order valence-electron chi connectivity index (χ1n) is 6.29. The average molecular weight is 276 g/mol. The van der Waals surface area contributed by atoms with Gasteiger partial charge in [-0.15, -0.1) is 0 Å². The summed E-state index contributed by atoms with van der Waals surface area (Å²) in [4.78, 5) is 14.0. The second-order valence-electron chi connectivity index (χ2n) is 4.15. The minimum atomic E-state index is -0.429. The maximum absolute atomic E-state index is 10.5. The fourth-order valence-electron chi connectivity index (χ4n) is 1.66. The molecule has 0 amide bonds. The summed E-state index contributed by atoms with van der Waals surface area (Å²) < 4.78 is 7.46. The fraction of sp³-hybridized carbons (Fsp3) is 0.308. The third kappa shape index (κ3) is 4.36. The molecule has 0 unspecified atom stereocenters. The number of benzene rings is 1. The standard InChI is InChI=1S/C13H16N4O3/c18-17(19)12-1-3-13(4-2-12)20-10-7-14-5-8-16-9-6-15-11-16/h1-4,6,9,11,14H,5,7-8,10H2. The van der Waals surface area contributed by atoms with Crippen molar-refractivity contribution in [2.75, 3.05) is 19.7 Å². The number of nitro benzene ring substituents is 1. The number of aromatic nitrogens is 2. The first-order valence-corrected chi connectivity index (χ1v) is 6.29. The lowest BCUT2D eigenvalue weighted by molar-refractivity contribution is -0.384. The van der Waals surface area contributed by atoms with Crippen LogP contribution in [0.25, 0.3) is 0 Å². The minimum Gasteiger partial charge on any atom is -0.492 e. The molecule has 1 aromatic carbocycles. The third-order valence-corrected chi connectivity index (χ3v) is 2.70. The van der Waals surface area contributed by atoms with E-state index in [4.69, 9.17) is 4.74 Å². The predicted molar refractivity (Wildman–Crippen MR) is 73.7 cm³/mol. The Kier molecular flexibility index (Phi) is 5.08. The fourth-order valence-corrected chi connectivity index (χ4v) is 1.66. The van der Waals surface area contributed by atoms with Crippen molar-refractivity contribution in [2.45, 2.75) is 6.54 Å². The number of non-ortho nitro benzene ring substituents is 1. The quantitative estimate of drug-likeness (QED) is 0.448. The van der Waals surface area contributed by atoms with Gasteiger partial charge in [-0.1, -0.05) is 0 Å². The Morgan fingerprint density at radius 3 is 2.75 bits per heavy atom. The van der Waals surface area contributed by atoms with Gasteiger partial charge < -0.3 is 14.6 Å². The molecule has 106 valence electrons. The Labute approximate surface area is 116 Å². The molecule has 7 nitrogen and oxygen atoms in total. The number of nitrogens with one attached hydrogen (secondary N) is 1. The number of hydrogen-bond acceptors (Lipinski definition) is 5. The zero-order chi connectivity index (χ0) is 14.2. The van der Waals surface area contributed by atoms with Crippen LogP contribution >= 0.6 is 0 Å². The number of rotatable bonds is 8. The Morgan fingerprint density at radius 2 is 2.10 bits per heavy atom. The highest BCUT2D eigenvalue weighted by molar-refractivity contribution is 5.35. The molecule has 0 aliphatic rings. The SMILES string of the molecule is O=[N+]([O-])c1ccc(OCCNCCn2ccnc2)cc1. The molecule has 7 heteroatoms. The molecule has 0 fully saturated rings. The van der Waals surface area contributed by atoms with Gasteiger partial charge in [0.25, 0.3) is 5.69 Å². The van der Waals surface area contributed by atoms with Crippen LogP contribution in [0.2, 0.25) is 0 Å². The molecule has 0 saturated carbocycles. The van der Waals surface area contributed by atoms with Gasteiger partial charge in [-0.25, -0.2) is 4.98 Å². The van der Waals surface area contributed by atoms with Gasteiger partial charge in [-0.2, -0.15) is 0 Å². The smallest absolute Gasteiger partial charge is 0.269 e. The summed E-state index contributed by atoms with van der Waals surface area (Å²) in [6.07, 6.45) is 5.43. The molecule has 2 rings (SSSR count). The molecule has 0 atom stereocenters. The lowest BCUT2D eigenvalue weighted by Crippen LogP contribution is -2.24. The van der Waals surface area contributed by atoms with E-state index >= 15 is 0 Å². The molecule has 20 heavy (non-hydrogen) atoms. The highest BCUT2D eigenvalue weighted by Gasteiger charge is 2.03. The van der Waals surface area contributed by atoms with Crippen LogP contribution in [0.4, 0.5) is 5.69 Å². The first-order chi connectivity index (χ1) is 9.75. The van der Waals surface area contributed by atoms with Crippen molar-refractivity contribution in [1.82, 2.24) is 14.9 Å². The molecule has 2 aromatic rings. The maximum Gasteiger partial charge on any atom is 0.269 e. The molecular weight excluding hydrogens is 260 g/mol. The van der Waals surface area contributed by atoms with E-state index in [2.05, 4.69) is 10.3 Å². The average Bonchev–Trinajstić information content (AvgIpc) is 2.96. The molecule has 0 aliphatic carbocycles. The van der Waals surface area contributed by atoms with E-state index in [-0.39, 0.29) is 5.69 Å². The van der Waals surface area contributed by atoms with Gasteiger partial charge in [0.05, 0.1) is 11.3 Å². The maximum atomic E-state index is 10.5. The van der Waals surface area contributed by atoms with E-state index in [9.17, 15) is 10.1 Å². The second kappa shape index (κ2) is 7.25. The van der Waals surface area contributed by atoms with Crippen molar-refractivity contribution in [3.8, 4) is 5.75 Å². The summed E-state index contributed by atoms with van der Waals surface area (Å²) in [5.74, 6) is 0.631. The van der Waals surface area contributed by atoms with Gasteiger partial charge in [0.15, 0.2) is 0 Å². The molecule has 0 saturated heterocycles. The van der Waals surface area contributed by atoms with Gasteiger partial charge >= 0.3 is 0 Å². The number of imidazole rings is 1. The molecule has 0 spiro atoms. The van der Waals surface area contributed by atoms with Crippen molar-refractivity contribution in [3.05, 3.63) is 53.1 Å². The summed E-state index contributed by atoms with van der Waals surface area (Å²) in [6, 6.07) is 6.07. The highest BCUT2D eigenvalue weighted by atomic mass is 16.6. The van der Waals surface area contributed by atoms with Crippen LogP contribution in [0.15, 0.2) is 43.0 Å². The van der Waals surface area contributed by atoms with Gasteiger partial charge in [-0.05, 0) is 12.1 Å². The van der Waals surface area contributed by atoms with Gasteiger partial charge in [0, 0.05) is 44.2 Å². The number of nitro groups is 1. The molecule has 0 aliphatic heterocycles. The molecular formula is C13H16N4O3. The summed E-state index contributed by atoms with van der Waals surface area (Å²) in [6.45, 7) is 2.92. The summed E-state index contributed by atoms with van der Waals surface area (Å²) in [7, 11) is 0. The molecule has 0 radical (unpaired) electrons. The van der Waals surface area contributed by atoms with E-state index in [1.54, 1.807) is 24.7 Å². The van der Waals surface area contributed by atoms with Crippen molar-refractivity contribution in [1.29, 1.82) is 0 Å². The molecule has 1 N–H and O–H groups in total. The minimum absolute atomic E-state index is 0.0656. The summed E-state index contributed by atoms with van der Waals surface area (Å²) in [5.41, 5.74) is 0.0656. The van der Waals surface area contributed by atoms with Crippen molar-refractivity contribution in [3.63, 3.8) is 0 Å². The Morgan fingerprint density at radius 1 is 1.30 bits per heavy atom. The zero-order valence-electron chi connectivity index (χ0n) is 10.9. The Hall–Kier alpha value is -2.41. The lowest BCUT2D eigenvalue weighted by atomic mass is 10.3. The van der Waals surface area contributed by atoms with Crippen LogP contribution in [-0.2, 0) is 6.54 Å². The van der Waals surface area contributed by atoms with Crippen LogP contribution in [-0.4, -0.2) is 34.2 Å². The molecule has 0 bridgehead atoms. The van der Waals surface area contributed by atoms with Crippen molar-refractivity contribution >= 4 is 5.69 Å². The lowest BCUT2D eigenvalue weighted by Gasteiger charge is -2.07. The number of hydrogen-bond donors (Lipinski definition) is 1. The van der Waals surface area contributed by atoms with Crippen LogP contribution < -0.4 is 10.1 Å². The summed E-state index contributed by atoms with van der Waals surface area (Å²) >= 11 is 0. The number of nitrogens with zero attached hydrogens (tertiary/aromatic N) is 3. The normalized spacial score (nSPS) is 10.4. The summed E-state index contributed by atoms with van der Waals surface area (Å²) in [5, 5.41) is 13.7. The van der Waals surface area contributed by atoms with E-state index < -0.39 is 4.92 Å². The highest BCUT2D eigenvalue weighted by Crippen LogP contribution is 2.16. The molecule has 1 heterocycles. The van der Waals surface area contributed by atoms with Crippen molar-refractivity contribution < 1.29 is 9.66 Å². The van der Waals surface area contributed by atoms with Gasteiger partial charge in [0.2, 0.25) is 0 Å². The van der Waals surface area contributed by atoms with Crippen LogP contribution in [0.5, 0.6) is 5.75 Å². The second-order valence-corrected chi connectivity index (χ2v) is 4.15. The largest absolute Gasteiger partial charge is 0.492 e.